The first-order valence-corrected chi connectivity index (χ1v) is 6.81. The normalized spacial score (nSPS) is 20.1. The van der Waals surface area contributed by atoms with Gasteiger partial charge < -0.3 is 4.90 Å². The van der Waals surface area contributed by atoms with Gasteiger partial charge >= 0.3 is 0 Å². The van der Waals surface area contributed by atoms with Crippen molar-refractivity contribution in [2.75, 3.05) is 18.4 Å². The molecule has 1 aromatic carbocycles. The van der Waals surface area contributed by atoms with Crippen LogP contribution in [0.25, 0.3) is 0 Å². The van der Waals surface area contributed by atoms with Crippen molar-refractivity contribution in [1.29, 1.82) is 0 Å². The number of halogens is 2. The lowest BCUT2D eigenvalue weighted by molar-refractivity contribution is 0.0788. The van der Waals surface area contributed by atoms with Crippen LogP contribution in [0.4, 0.5) is 0 Å². The maximum absolute atomic E-state index is 12.1. The third kappa shape index (κ3) is 2.58. The summed E-state index contributed by atoms with van der Waals surface area (Å²) in [5.41, 5.74) is 0.722. The number of amides is 1. The van der Waals surface area contributed by atoms with Gasteiger partial charge in [-0.3, -0.25) is 4.79 Å². The lowest BCUT2D eigenvalue weighted by Gasteiger charge is -2.16. The van der Waals surface area contributed by atoms with Crippen molar-refractivity contribution in [2.45, 2.75) is 6.42 Å². The predicted molar refractivity (Wildman–Crippen MR) is 69.3 cm³/mol. The summed E-state index contributed by atoms with van der Waals surface area (Å²) in [4.78, 5) is 14.0. The van der Waals surface area contributed by atoms with Crippen LogP contribution in [0.1, 0.15) is 16.8 Å². The van der Waals surface area contributed by atoms with Gasteiger partial charge in [-0.05, 0) is 36.6 Å². The third-order valence-electron chi connectivity index (χ3n) is 2.88. The minimum absolute atomic E-state index is 0.111. The summed E-state index contributed by atoms with van der Waals surface area (Å²) in [6.45, 7) is 1.71. The molecule has 86 valence electrons. The lowest BCUT2D eigenvalue weighted by atomic mass is 10.2. The molecule has 1 aliphatic rings. The Hall–Kier alpha value is -0.540. The molecule has 1 aliphatic heterocycles. The molecule has 1 aromatic rings. The number of hydrogen-bond donors (Lipinski definition) is 0. The maximum atomic E-state index is 12.1. The smallest absolute Gasteiger partial charge is 0.253 e. The Morgan fingerprint density at radius 3 is 2.69 bits per heavy atom. The van der Waals surface area contributed by atoms with E-state index >= 15 is 0 Å². The fourth-order valence-electron chi connectivity index (χ4n) is 1.92. The number of carbonyl (C=O) groups is 1. The molecule has 16 heavy (non-hydrogen) atoms. The molecule has 0 spiro atoms. The van der Waals surface area contributed by atoms with Crippen LogP contribution in [0, 0.1) is 5.92 Å². The first kappa shape index (κ1) is 11.9. The fourth-order valence-corrected chi connectivity index (χ4v) is 2.57. The SMILES string of the molecule is O=C(c1ccc(Cl)cc1)N1CCC(CBr)C1. The largest absolute Gasteiger partial charge is 0.338 e. The number of benzene rings is 1. The van der Waals surface area contributed by atoms with Crippen LogP contribution in [-0.4, -0.2) is 29.2 Å². The fraction of sp³-hybridized carbons (Fsp3) is 0.417. The summed E-state index contributed by atoms with van der Waals surface area (Å²) in [6, 6.07) is 7.08. The highest BCUT2D eigenvalue weighted by atomic mass is 79.9. The second-order valence-electron chi connectivity index (χ2n) is 4.07. The molecule has 0 saturated carbocycles. The molecule has 1 saturated heterocycles. The van der Waals surface area contributed by atoms with E-state index in [1.165, 1.54) is 0 Å². The molecule has 0 aromatic heterocycles. The van der Waals surface area contributed by atoms with Crippen molar-refractivity contribution in [2.24, 2.45) is 5.92 Å². The Kier molecular flexibility index (Phi) is 3.87. The molecule has 1 fully saturated rings. The molecule has 0 bridgehead atoms. The molecular formula is C12H13BrClNO. The Morgan fingerprint density at radius 2 is 2.12 bits per heavy atom. The average molecular weight is 303 g/mol. The predicted octanol–water partition coefficient (Wildman–Crippen LogP) is 3.20. The first-order valence-electron chi connectivity index (χ1n) is 5.31. The molecule has 0 aliphatic carbocycles. The van der Waals surface area contributed by atoms with Gasteiger partial charge in [-0.15, -0.1) is 0 Å². The number of rotatable bonds is 2. The maximum Gasteiger partial charge on any atom is 0.253 e. The topological polar surface area (TPSA) is 20.3 Å². The van der Waals surface area contributed by atoms with Crippen molar-refractivity contribution in [3.8, 4) is 0 Å². The third-order valence-corrected chi connectivity index (χ3v) is 4.05. The van der Waals surface area contributed by atoms with E-state index in [0.717, 1.165) is 30.4 Å². The van der Waals surface area contributed by atoms with Crippen molar-refractivity contribution in [1.82, 2.24) is 4.90 Å². The molecule has 4 heteroatoms. The van der Waals surface area contributed by atoms with Gasteiger partial charge in [0.15, 0.2) is 0 Å². The first-order chi connectivity index (χ1) is 7.70. The molecule has 2 nitrogen and oxygen atoms in total. The van der Waals surface area contributed by atoms with Crippen molar-refractivity contribution < 1.29 is 4.79 Å². The Morgan fingerprint density at radius 1 is 1.44 bits per heavy atom. The van der Waals surface area contributed by atoms with Crippen molar-refractivity contribution in [3.63, 3.8) is 0 Å². The summed E-state index contributed by atoms with van der Waals surface area (Å²) >= 11 is 9.25. The highest BCUT2D eigenvalue weighted by Crippen LogP contribution is 2.20. The molecule has 1 heterocycles. The van der Waals surface area contributed by atoms with Gasteiger partial charge in [-0.1, -0.05) is 27.5 Å². The Balaban J connectivity index is 2.05. The average Bonchev–Trinajstić information content (AvgIpc) is 2.77. The second kappa shape index (κ2) is 5.19. The zero-order valence-electron chi connectivity index (χ0n) is 8.83. The van der Waals surface area contributed by atoms with Crippen LogP contribution in [-0.2, 0) is 0 Å². The van der Waals surface area contributed by atoms with Crippen LogP contribution in [0.2, 0.25) is 5.02 Å². The van der Waals surface area contributed by atoms with Crippen LogP contribution in [0.5, 0.6) is 0 Å². The molecule has 0 radical (unpaired) electrons. The van der Waals surface area contributed by atoms with Crippen molar-refractivity contribution >= 4 is 33.4 Å². The molecular weight excluding hydrogens is 289 g/mol. The zero-order chi connectivity index (χ0) is 11.5. The molecule has 1 atom stereocenters. The van der Waals surface area contributed by atoms with E-state index in [2.05, 4.69) is 15.9 Å². The monoisotopic (exact) mass is 301 g/mol. The number of likely N-dealkylation sites (tertiary alicyclic amines) is 1. The minimum atomic E-state index is 0.111. The minimum Gasteiger partial charge on any atom is -0.338 e. The van der Waals surface area contributed by atoms with Crippen LogP contribution < -0.4 is 0 Å². The quantitative estimate of drug-likeness (QED) is 0.768. The number of hydrogen-bond acceptors (Lipinski definition) is 1. The van der Waals surface area contributed by atoms with Crippen LogP contribution in [0.3, 0.4) is 0 Å². The molecule has 2 rings (SSSR count). The van der Waals surface area contributed by atoms with Gasteiger partial charge in [0.25, 0.3) is 5.91 Å². The standard InChI is InChI=1S/C12H13BrClNO/c13-7-9-5-6-15(8-9)12(16)10-1-3-11(14)4-2-10/h1-4,9H,5-8H2. The lowest BCUT2D eigenvalue weighted by Crippen LogP contribution is -2.28. The van der Waals surface area contributed by atoms with Gasteiger partial charge in [0.1, 0.15) is 0 Å². The zero-order valence-corrected chi connectivity index (χ0v) is 11.2. The van der Waals surface area contributed by atoms with Gasteiger partial charge in [-0.25, -0.2) is 0 Å². The van der Waals surface area contributed by atoms with E-state index < -0.39 is 0 Å². The Bertz CT molecular complexity index is 379. The summed E-state index contributed by atoms with van der Waals surface area (Å²) in [5, 5.41) is 1.63. The van der Waals surface area contributed by atoms with Gasteiger partial charge in [0, 0.05) is 29.0 Å². The molecule has 0 N–H and O–H groups in total. The van der Waals surface area contributed by atoms with Crippen molar-refractivity contribution in [3.05, 3.63) is 34.9 Å². The van der Waals surface area contributed by atoms with Crippen LogP contribution >= 0.6 is 27.5 Å². The number of alkyl halides is 1. The molecule has 1 amide bonds. The number of nitrogens with zero attached hydrogens (tertiary/aromatic N) is 1. The summed E-state index contributed by atoms with van der Waals surface area (Å²) in [5.74, 6) is 0.705. The Labute approximate surface area is 109 Å². The van der Waals surface area contributed by atoms with Crippen LogP contribution in [0.15, 0.2) is 24.3 Å². The van der Waals surface area contributed by atoms with E-state index in [-0.39, 0.29) is 5.91 Å². The van der Waals surface area contributed by atoms with Gasteiger partial charge in [0.05, 0.1) is 0 Å². The second-order valence-corrected chi connectivity index (χ2v) is 5.15. The highest BCUT2D eigenvalue weighted by Gasteiger charge is 2.25. The van der Waals surface area contributed by atoms with Gasteiger partial charge in [0.2, 0.25) is 0 Å². The van der Waals surface area contributed by atoms with E-state index in [9.17, 15) is 4.79 Å². The van der Waals surface area contributed by atoms with Gasteiger partial charge in [-0.2, -0.15) is 0 Å². The summed E-state index contributed by atoms with van der Waals surface area (Å²) in [6.07, 6.45) is 1.09. The highest BCUT2D eigenvalue weighted by molar-refractivity contribution is 9.09. The van der Waals surface area contributed by atoms with E-state index in [1.54, 1.807) is 24.3 Å². The van der Waals surface area contributed by atoms with E-state index in [1.807, 2.05) is 4.90 Å². The van der Waals surface area contributed by atoms with E-state index in [0.29, 0.717) is 10.9 Å². The van der Waals surface area contributed by atoms with E-state index in [4.69, 9.17) is 11.6 Å². The number of carbonyl (C=O) groups excluding carboxylic acids is 1. The summed E-state index contributed by atoms with van der Waals surface area (Å²) in [7, 11) is 0. The molecule has 1 unspecified atom stereocenters. The summed E-state index contributed by atoms with van der Waals surface area (Å²) < 4.78 is 0.